The second kappa shape index (κ2) is 13.9. The molecule has 0 heterocycles. The fourth-order valence-corrected chi connectivity index (χ4v) is 2.08. The summed E-state index contributed by atoms with van der Waals surface area (Å²) in [5.74, 6) is 2.39. The zero-order chi connectivity index (χ0) is 17.5. The molecule has 1 amide bonds. The van der Waals surface area contributed by atoms with Crippen LogP contribution in [0.25, 0.3) is 0 Å². The van der Waals surface area contributed by atoms with Gasteiger partial charge in [-0.3, -0.25) is 0 Å². The third-order valence-electron chi connectivity index (χ3n) is 3.38. The van der Waals surface area contributed by atoms with Gasteiger partial charge in [0.2, 0.25) is 0 Å². The zero-order valence-electron chi connectivity index (χ0n) is 14.7. The lowest BCUT2D eigenvalue weighted by molar-refractivity contribution is -0.146. The van der Waals surface area contributed by atoms with Crippen molar-refractivity contribution in [3.63, 3.8) is 0 Å². The number of amides is 1. The van der Waals surface area contributed by atoms with E-state index < -0.39 is 18.1 Å². The molecule has 0 aliphatic carbocycles. The van der Waals surface area contributed by atoms with Gasteiger partial charge in [0.05, 0.1) is 6.61 Å². The van der Waals surface area contributed by atoms with E-state index in [0.717, 1.165) is 38.5 Å². The first kappa shape index (κ1) is 21.3. The van der Waals surface area contributed by atoms with E-state index >= 15 is 0 Å². The van der Waals surface area contributed by atoms with Crippen LogP contribution in [0.2, 0.25) is 0 Å². The van der Waals surface area contributed by atoms with Gasteiger partial charge in [0, 0.05) is 0 Å². The highest BCUT2D eigenvalue weighted by atomic mass is 16.6. The second-order valence-electron chi connectivity index (χ2n) is 6.03. The second-order valence-corrected chi connectivity index (χ2v) is 6.03. The fourth-order valence-electron chi connectivity index (χ4n) is 2.08. The van der Waals surface area contributed by atoms with Crippen molar-refractivity contribution >= 4 is 12.1 Å². The highest BCUT2D eigenvalue weighted by Crippen LogP contribution is 2.09. The Morgan fingerprint density at radius 1 is 1.09 bits per heavy atom. The molecule has 0 saturated heterocycles. The topological polar surface area (TPSA) is 64.6 Å². The van der Waals surface area contributed by atoms with Crippen LogP contribution in [0.15, 0.2) is 0 Å². The molecule has 0 aliphatic heterocycles. The van der Waals surface area contributed by atoms with Crippen molar-refractivity contribution in [1.82, 2.24) is 5.32 Å². The highest BCUT2D eigenvalue weighted by molar-refractivity contribution is 5.81. The standard InChI is InChI=1S/C18H31NO4/c1-5-7-8-9-12-16(19-18(21)23-13-6-2)17(20)22-14-10-11-15(3)4/h2,15-16H,5,7-14H2,1,3-4H3,(H,19,21). The van der Waals surface area contributed by atoms with Crippen LogP contribution >= 0.6 is 0 Å². The molecule has 0 aromatic rings. The molecule has 0 spiro atoms. The first-order valence-corrected chi connectivity index (χ1v) is 8.54. The van der Waals surface area contributed by atoms with Gasteiger partial charge in [-0.2, -0.15) is 0 Å². The maximum absolute atomic E-state index is 12.1. The van der Waals surface area contributed by atoms with E-state index in [2.05, 4.69) is 32.0 Å². The smallest absolute Gasteiger partial charge is 0.408 e. The van der Waals surface area contributed by atoms with Gasteiger partial charge >= 0.3 is 12.1 Å². The first-order chi connectivity index (χ1) is 11.0. The highest BCUT2D eigenvalue weighted by Gasteiger charge is 2.22. The third-order valence-corrected chi connectivity index (χ3v) is 3.38. The zero-order valence-corrected chi connectivity index (χ0v) is 14.7. The van der Waals surface area contributed by atoms with E-state index in [4.69, 9.17) is 15.9 Å². The summed E-state index contributed by atoms with van der Waals surface area (Å²) in [5.41, 5.74) is 0. The monoisotopic (exact) mass is 325 g/mol. The van der Waals surface area contributed by atoms with Crippen molar-refractivity contribution in [2.24, 2.45) is 5.92 Å². The van der Waals surface area contributed by atoms with E-state index in [-0.39, 0.29) is 6.61 Å². The number of hydrogen-bond donors (Lipinski definition) is 1. The van der Waals surface area contributed by atoms with E-state index in [1.165, 1.54) is 0 Å². The van der Waals surface area contributed by atoms with Gasteiger partial charge in [-0.15, -0.1) is 6.42 Å². The molecule has 0 aromatic heterocycles. The number of unbranched alkanes of at least 4 members (excludes halogenated alkanes) is 3. The molecule has 23 heavy (non-hydrogen) atoms. The van der Waals surface area contributed by atoms with Gasteiger partial charge in [-0.25, -0.2) is 9.59 Å². The van der Waals surface area contributed by atoms with Gasteiger partial charge < -0.3 is 14.8 Å². The summed E-state index contributed by atoms with van der Waals surface area (Å²) in [7, 11) is 0. The minimum Gasteiger partial charge on any atom is -0.464 e. The maximum atomic E-state index is 12.1. The predicted octanol–water partition coefficient (Wildman–Crippen LogP) is 3.66. The van der Waals surface area contributed by atoms with Crippen molar-refractivity contribution < 1.29 is 19.1 Å². The SMILES string of the molecule is C#CCOC(=O)NC(CCCCCC)C(=O)OCCCC(C)C. The Morgan fingerprint density at radius 2 is 1.83 bits per heavy atom. The Kier molecular flexibility index (Phi) is 12.9. The number of carbonyl (C=O) groups is 2. The molecule has 0 aromatic carbocycles. The van der Waals surface area contributed by atoms with E-state index in [9.17, 15) is 9.59 Å². The number of carbonyl (C=O) groups excluding carboxylic acids is 2. The van der Waals surface area contributed by atoms with Crippen LogP contribution in [0.1, 0.15) is 65.7 Å². The summed E-state index contributed by atoms with van der Waals surface area (Å²) in [4.78, 5) is 23.7. The van der Waals surface area contributed by atoms with Crippen LogP contribution in [0, 0.1) is 18.3 Å². The fraction of sp³-hybridized carbons (Fsp3) is 0.778. The lowest BCUT2D eigenvalue weighted by Gasteiger charge is -2.17. The Labute approximate surface area is 140 Å². The Hall–Kier alpha value is -1.70. The normalized spacial score (nSPS) is 11.6. The first-order valence-electron chi connectivity index (χ1n) is 8.54. The molecule has 1 atom stereocenters. The molecule has 5 heteroatoms. The van der Waals surface area contributed by atoms with Crippen LogP contribution in [-0.2, 0) is 14.3 Å². The summed E-state index contributed by atoms with van der Waals surface area (Å²) in [6.45, 7) is 6.64. The van der Waals surface area contributed by atoms with Crippen LogP contribution in [-0.4, -0.2) is 31.3 Å². The molecule has 0 bridgehead atoms. The van der Waals surface area contributed by atoms with Crippen LogP contribution in [0.3, 0.4) is 0 Å². The van der Waals surface area contributed by atoms with Crippen molar-refractivity contribution in [1.29, 1.82) is 0 Å². The average molecular weight is 325 g/mol. The molecule has 1 unspecified atom stereocenters. The third kappa shape index (κ3) is 12.5. The number of nitrogens with one attached hydrogen (secondary N) is 1. The van der Waals surface area contributed by atoms with Crippen molar-refractivity contribution in [2.75, 3.05) is 13.2 Å². The molecular formula is C18H31NO4. The largest absolute Gasteiger partial charge is 0.464 e. The summed E-state index contributed by atoms with van der Waals surface area (Å²) in [5, 5.41) is 2.55. The van der Waals surface area contributed by atoms with E-state index in [1.807, 2.05) is 0 Å². The molecule has 0 saturated carbocycles. The molecule has 1 N–H and O–H groups in total. The number of esters is 1. The van der Waals surface area contributed by atoms with Gasteiger partial charge in [0.15, 0.2) is 6.61 Å². The van der Waals surface area contributed by atoms with Crippen molar-refractivity contribution in [3.8, 4) is 12.3 Å². The lowest BCUT2D eigenvalue weighted by atomic mass is 10.1. The molecule has 0 rings (SSSR count). The number of rotatable bonds is 12. The molecular weight excluding hydrogens is 294 g/mol. The molecule has 132 valence electrons. The Bertz CT molecular complexity index is 374. The van der Waals surface area contributed by atoms with Crippen LogP contribution < -0.4 is 5.32 Å². The van der Waals surface area contributed by atoms with Crippen molar-refractivity contribution in [3.05, 3.63) is 0 Å². The summed E-state index contributed by atoms with van der Waals surface area (Å²) < 4.78 is 10.0. The quantitative estimate of drug-likeness (QED) is 0.338. The minimum absolute atomic E-state index is 0.113. The molecule has 0 radical (unpaired) electrons. The van der Waals surface area contributed by atoms with Gasteiger partial charge in [-0.05, 0) is 25.2 Å². The molecule has 0 aliphatic rings. The Morgan fingerprint density at radius 3 is 2.43 bits per heavy atom. The van der Waals surface area contributed by atoms with Gasteiger partial charge in [0.1, 0.15) is 6.04 Å². The lowest BCUT2D eigenvalue weighted by Crippen LogP contribution is -2.42. The summed E-state index contributed by atoms with van der Waals surface area (Å²) >= 11 is 0. The Balaban J connectivity index is 4.29. The van der Waals surface area contributed by atoms with E-state index in [1.54, 1.807) is 0 Å². The number of hydrogen-bond acceptors (Lipinski definition) is 4. The van der Waals surface area contributed by atoms with Crippen molar-refractivity contribution in [2.45, 2.75) is 71.8 Å². The van der Waals surface area contributed by atoms with E-state index in [0.29, 0.717) is 18.9 Å². The number of terminal acetylenes is 1. The number of ether oxygens (including phenoxy) is 2. The summed E-state index contributed by atoms with van der Waals surface area (Å²) in [6.07, 6.45) is 10.8. The van der Waals surface area contributed by atoms with Gasteiger partial charge in [0.25, 0.3) is 0 Å². The molecule has 0 fully saturated rings. The minimum atomic E-state index is -0.678. The van der Waals surface area contributed by atoms with Crippen LogP contribution in [0.4, 0.5) is 4.79 Å². The molecule has 5 nitrogen and oxygen atoms in total. The van der Waals surface area contributed by atoms with Gasteiger partial charge in [-0.1, -0.05) is 52.4 Å². The maximum Gasteiger partial charge on any atom is 0.408 e. The average Bonchev–Trinajstić information content (AvgIpc) is 2.52. The predicted molar refractivity (Wildman–Crippen MR) is 90.9 cm³/mol. The summed E-state index contributed by atoms with van der Waals surface area (Å²) in [6, 6.07) is -0.670. The van der Waals surface area contributed by atoms with Crippen LogP contribution in [0.5, 0.6) is 0 Å². The number of alkyl carbamates (subject to hydrolysis) is 1.